The van der Waals surface area contributed by atoms with Crippen molar-refractivity contribution < 1.29 is 24.5 Å². The van der Waals surface area contributed by atoms with Crippen LogP contribution in [0.25, 0.3) is 0 Å². The summed E-state index contributed by atoms with van der Waals surface area (Å²) in [6, 6.07) is 9.79. The summed E-state index contributed by atoms with van der Waals surface area (Å²) in [6.07, 6.45) is 15.6. The summed E-state index contributed by atoms with van der Waals surface area (Å²) in [5.74, 6) is -0.0750. The van der Waals surface area contributed by atoms with Gasteiger partial charge in [0.2, 0.25) is 0 Å². The Morgan fingerprint density at radius 3 is 2.70 bits per heavy atom. The van der Waals surface area contributed by atoms with Crippen molar-refractivity contribution in [3.63, 3.8) is 0 Å². The van der Waals surface area contributed by atoms with Crippen molar-refractivity contribution in [3.8, 4) is 5.75 Å². The van der Waals surface area contributed by atoms with Crippen LogP contribution in [-0.2, 0) is 9.53 Å². The average molecular weight is 457 g/mol. The zero-order valence-corrected chi connectivity index (χ0v) is 20.3. The van der Waals surface area contributed by atoms with Crippen molar-refractivity contribution in [2.75, 3.05) is 19.8 Å². The summed E-state index contributed by atoms with van der Waals surface area (Å²) >= 11 is 0. The highest BCUT2D eigenvalue weighted by molar-refractivity contribution is 5.68. The number of rotatable bonds is 13. The minimum atomic E-state index is -0.949. The topological polar surface area (TPSA) is 76.0 Å². The molecule has 0 radical (unpaired) electrons. The van der Waals surface area contributed by atoms with Gasteiger partial charge < -0.3 is 19.7 Å². The number of para-hydroxylation sites is 1. The summed E-state index contributed by atoms with van der Waals surface area (Å²) in [6.45, 7) is 7.05. The maximum absolute atomic E-state index is 10.7. The van der Waals surface area contributed by atoms with E-state index in [-0.39, 0.29) is 17.4 Å². The smallest absolute Gasteiger partial charge is 0.329 e. The molecule has 2 rings (SSSR count). The van der Waals surface area contributed by atoms with Gasteiger partial charge in [-0.05, 0) is 49.7 Å². The molecule has 1 saturated carbocycles. The van der Waals surface area contributed by atoms with Crippen LogP contribution in [0.4, 0.5) is 0 Å². The van der Waals surface area contributed by atoms with Gasteiger partial charge in [-0.3, -0.25) is 0 Å². The molecule has 1 fully saturated rings. The van der Waals surface area contributed by atoms with Gasteiger partial charge in [-0.1, -0.05) is 81.3 Å². The zero-order valence-electron chi connectivity index (χ0n) is 20.3. The van der Waals surface area contributed by atoms with E-state index in [1.165, 1.54) is 12.0 Å². The van der Waals surface area contributed by atoms with Crippen LogP contribution in [0, 0.1) is 10.8 Å². The fourth-order valence-corrected chi connectivity index (χ4v) is 4.17. The van der Waals surface area contributed by atoms with E-state index in [2.05, 4.69) is 26.8 Å². The number of aliphatic hydroxyl groups excluding tert-OH is 1. The molecule has 0 bridgehead atoms. The van der Waals surface area contributed by atoms with Crippen LogP contribution in [0.1, 0.15) is 59.3 Å². The van der Waals surface area contributed by atoms with Crippen LogP contribution in [0.15, 0.2) is 66.3 Å². The molecule has 5 heteroatoms. The van der Waals surface area contributed by atoms with Crippen molar-refractivity contribution in [3.05, 3.63) is 66.3 Å². The second kappa shape index (κ2) is 13.4. The molecule has 1 aromatic rings. The Bertz CT molecular complexity index is 809. The highest BCUT2D eigenvalue weighted by Crippen LogP contribution is 2.41. The lowest BCUT2D eigenvalue weighted by Gasteiger charge is -2.34. The summed E-state index contributed by atoms with van der Waals surface area (Å²) in [5.41, 5.74) is 0.985. The quantitative estimate of drug-likeness (QED) is 0.218. The van der Waals surface area contributed by atoms with Crippen molar-refractivity contribution in [1.82, 2.24) is 0 Å². The average Bonchev–Trinajstić information content (AvgIpc) is 2.79. The Morgan fingerprint density at radius 1 is 1.21 bits per heavy atom. The molecule has 0 saturated heterocycles. The summed E-state index contributed by atoms with van der Waals surface area (Å²) < 4.78 is 11.0. The molecule has 2 N–H and O–H groups in total. The Labute approximate surface area is 198 Å². The first-order valence-corrected chi connectivity index (χ1v) is 11.9. The Kier molecular flexibility index (Phi) is 10.9. The van der Waals surface area contributed by atoms with E-state index >= 15 is 0 Å². The molecule has 0 unspecified atom stereocenters. The van der Waals surface area contributed by atoms with E-state index in [1.54, 1.807) is 0 Å². The Hall–Kier alpha value is -2.37. The molecule has 0 heterocycles. The van der Waals surface area contributed by atoms with E-state index < -0.39 is 12.1 Å². The molecular formula is C28H40O5. The number of carboxylic acids is 1. The number of allylic oxidation sites excluding steroid dienone is 4. The van der Waals surface area contributed by atoms with Gasteiger partial charge in [0.05, 0.1) is 19.3 Å². The number of hydrogen-bond acceptors (Lipinski definition) is 4. The van der Waals surface area contributed by atoms with Gasteiger partial charge in [0.1, 0.15) is 12.4 Å². The lowest BCUT2D eigenvalue weighted by molar-refractivity contribution is -0.141. The Morgan fingerprint density at radius 2 is 1.97 bits per heavy atom. The van der Waals surface area contributed by atoms with Gasteiger partial charge >= 0.3 is 5.97 Å². The third-order valence-corrected chi connectivity index (χ3v) is 6.45. The lowest BCUT2D eigenvalue weighted by atomic mass is 9.71. The highest BCUT2D eigenvalue weighted by atomic mass is 16.5. The van der Waals surface area contributed by atoms with Gasteiger partial charge in [-0.15, -0.1) is 0 Å². The van der Waals surface area contributed by atoms with E-state index in [0.29, 0.717) is 13.2 Å². The zero-order chi connectivity index (χ0) is 24.2. The van der Waals surface area contributed by atoms with Crippen LogP contribution >= 0.6 is 0 Å². The molecule has 182 valence electrons. The van der Waals surface area contributed by atoms with Crippen molar-refractivity contribution in [2.45, 2.75) is 65.4 Å². The Balaban J connectivity index is 1.83. The van der Waals surface area contributed by atoms with Crippen molar-refractivity contribution >= 4 is 5.97 Å². The number of ether oxygens (including phenoxy) is 2. The summed E-state index contributed by atoms with van der Waals surface area (Å²) in [5, 5.41) is 19.4. The lowest BCUT2D eigenvalue weighted by Crippen LogP contribution is -2.28. The minimum Gasteiger partial charge on any atom is -0.494 e. The first-order chi connectivity index (χ1) is 15.7. The van der Waals surface area contributed by atoms with E-state index in [0.717, 1.165) is 37.9 Å². The second-order valence-electron chi connectivity index (χ2n) is 9.71. The highest BCUT2D eigenvalue weighted by Gasteiger charge is 2.28. The van der Waals surface area contributed by atoms with Crippen LogP contribution in [0.3, 0.4) is 0 Å². The van der Waals surface area contributed by atoms with Gasteiger partial charge in [-0.25, -0.2) is 4.79 Å². The predicted molar refractivity (Wildman–Crippen MR) is 132 cm³/mol. The van der Waals surface area contributed by atoms with Crippen LogP contribution in [-0.4, -0.2) is 42.1 Å². The summed E-state index contributed by atoms with van der Waals surface area (Å²) in [7, 11) is 0. The molecule has 1 aromatic carbocycles. The number of carboxylic acid groups (broad SMARTS) is 1. The SMILES string of the molecule is CC(C)(CCCOc1ccccc1)[C@@H](O)/C=C/C=C/[C@]1(C)CCCC/C1=C\COCC(=O)O. The van der Waals surface area contributed by atoms with Crippen molar-refractivity contribution in [1.29, 1.82) is 0 Å². The minimum absolute atomic E-state index is 0.0651. The van der Waals surface area contributed by atoms with Crippen LogP contribution in [0.5, 0.6) is 5.75 Å². The molecule has 33 heavy (non-hydrogen) atoms. The largest absolute Gasteiger partial charge is 0.494 e. The normalized spacial score (nSPS) is 21.6. The second-order valence-corrected chi connectivity index (χ2v) is 9.71. The maximum atomic E-state index is 10.7. The number of benzene rings is 1. The maximum Gasteiger partial charge on any atom is 0.329 e. The molecule has 1 aliphatic rings. The fourth-order valence-electron chi connectivity index (χ4n) is 4.17. The third kappa shape index (κ3) is 9.56. The van der Waals surface area contributed by atoms with Gasteiger partial charge in [0.25, 0.3) is 0 Å². The van der Waals surface area contributed by atoms with Gasteiger partial charge in [0.15, 0.2) is 0 Å². The number of hydrogen-bond donors (Lipinski definition) is 2. The molecular weight excluding hydrogens is 416 g/mol. The van der Waals surface area contributed by atoms with Crippen LogP contribution in [0.2, 0.25) is 0 Å². The molecule has 5 nitrogen and oxygen atoms in total. The van der Waals surface area contributed by atoms with Gasteiger partial charge in [0, 0.05) is 5.41 Å². The molecule has 0 aromatic heterocycles. The number of carbonyl (C=O) groups is 1. The molecule has 1 aliphatic carbocycles. The fraction of sp³-hybridized carbons (Fsp3) is 0.536. The van der Waals surface area contributed by atoms with Gasteiger partial charge in [-0.2, -0.15) is 0 Å². The first-order valence-electron chi connectivity index (χ1n) is 11.9. The first kappa shape index (κ1) is 26.9. The molecule has 0 aliphatic heterocycles. The molecule has 0 amide bonds. The molecule has 2 atom stereocenters. The van der Waals surface area contributed by atoms with E-state index in [4.69, 9.17) is 14.6 Å². The summed E-state index contributed by atoms with van der Waals surface area (Å²) in [4.78, 5) is 10.6. The standard InChI is InChI=1S/C28H40O5/c1-27(2,17-11-20-33-24-13-5-4-6-14-24)25(29)15-8-10-19-28(3)18-9-7-12-23(28)16-21-32-22-26(30)31/h4-6,8,10,13-16,19,25,29H,7,9,11-12,17-18,20-22H2,1-3H3,(H,30,31)/b15-8+,19-10+,23-16+/t25-,28-/m0/s1. The molecule has 0 spiro atoms. The predicted octanol–water partition coefficient (Wildman–Crippen LogP) is 5.95. The van der Waals surface area contributed by atoms with Crippen molar-refractivity contribution in [2.24, 2.45) is 10.8 Å². The third-order valence-electron chi connectivity index (χ3n) is 6.45. The monoisotopic (exact) mass is 456 g/mol. The number of aliphatic carboxylic acids is 1. The number of aliphatic hydroxyl groups is 1. The van der Waals surface area contributed by atoms with Crippen LogP contribution < -0.4 is 4.74 Å². The van der Waals surface area contributed by atoms with E-state index in [1.807, 2.05) is 54.6 Å². The van der Waals surface area contributed by atoms with E-state index in [9.17, 15) is 9.90 Å².